The summed E-state index contributed by atoms with van der Waals surface area (Å²) in [6.45, 7) is 3.62. The Balaban J connectivity index is 2.57. The number of nitrogens with zero attached hydrogens (tertiary/aromatic N) is 1. The molecular formula is C11H17NO3S. The normalized spacial score (nSPS) is 20.1. The molecule has 1 rings (SSSR count). The maximum Gasteiger partial charge on any atom is 0.323 e. The number of hydrogen-bond acceptors (Lipinski definition) is 3. The summed E-state index contributed by atoms with van der Waals surface area (Å²) >= 11 is 1.63. The molecule has 0 spiro atoms. The minimum Gasteiger partial charge on any atom is -0.480 e. The lowest BCUT2D eigenvalue weighted by Crippen LogP contribution is -2.41. The lowest BCUT2D eigenvalue weighted by atomic mass is 10.1. The average Bonchev–Trinajstić information content (AvgIpc) is 2.28. The first kappa shape index (κ1) is 13.1. The summed E-state index contributed by atoms with van der Waals surface area (Å²) in [6, 6.07) is 0. The highest BCUT2D eigenvalue weighted by Gasteiger charge is 2.26. The summed E-state index contributed by atoms with van der Waals surface area (Å²) in [5.74, 6) is -0.0474. The Morgan fingerprint density at radius 3 is 2.75 bits per heavy atom. The first-order valence-electron chi connectivity index (χ1n) is 5.38. The smallest absolute Gasteiger partial charge is 0.323 e. The van der Waals surface area contributed by atoms with Crippen LogP contribution in [0.25, 0.3) is 0 Å². The highest BCUT2D eigenvalue weighted by Crippen LogP contribution is 2.26. The minimum atomic E-state index is -0.976. The quantitative estimate of drug-likeness (QED) is 0.741. The van der Waals surface area contributed by atoms with Crippen LogP contribution >= 0.6 is 11.8 Å². The van der Waals surface area contributed by atoms with Crippen molar-refractivity contribution < 1.29 is 14.7 Å². The SMILES string of the molecule is C=CCN(CC(=O)O)C(=O)C1CCCCS1. The molecule has 0 aromatic carbocycles. The van der Waals surface area contributed by atoms with Crippen LogP contribution < -0.4 is 0 Å². The largest absolute Gasteiger partial charge is 0.480 e. The third-order valence-corrected chi connectivity index (χ3v) is 3.81. The van der Waals surface area contributed by atoms with Gasteiger partial charge in [-0.2, -0.15) is 0 Å². The molecule has 0 aromatic heterocycles. The third-order valence-electron chi connectivity index (χ3n) is 2.44. The van der Waals surface area contributed by atoms with E-state index in [1.54, 1.807) is 17.8 Å². The van der Waals surface area contributed by atoms with Gasteiger partial charge in [-0.1, -0.05) is 12.5 Å². The molecule has 1 heterocycles. The van der Waals surface area contributed by atoms with Crippen LogP contribution in [0.3, 0.4) is 0 Å². The van der Waals surface area contributed by atoms with Gasteiger partial charge in [0, 0.05) is 6.54 Å². The van der Waals surface area contributed by atoms with Crippen LogP contribution in [0.1, 0.15) is 19.3 Å². The van der Waals surface area contributed by atoms with Crippen molar-refractivity contribution in [3.05, 3.63) is 12.7 Å². The van der Waals surface area contributed by atoms with Crippen molar-refractivity contribution >= 4 is 23.6 Å². The van der Waals surface area contributed by atoms with Gasteiger partial charge in [-0.3, -0.25) is 9.59 Å². The fraction of sp³-hybridized carbons (Fsp3) is 0.636. The number of rotatable bonds is 5. The lowest BCUT2D eigenvalue weighted by molar-refractivity contribution is -0.143. The Morgan fingerprint density at radius 2 is 2.25 bits per heavy atom. The van der Waals surface area contributed by atoms with E-state index in [0.717, 1.165) is 25.0 Å². The molecule has 1 saturated heterocycles. The van der Waals surface area contributed by atoms with E-state index in [4.69, 9.17) is 5.11 Å². The van der Waals surface area contributed by atoms with Gasteiger partial charge in [0.2, 0.25) is 5.91 Å². The molecule has 0 bridgehead atoms. The number of carboxylic acid groups (broad SMARTS) is 1. The van der Waals surface area contributed by atoms with Gasteiger partial charge < -0.3 is 10.0 Å². The highest BCUT2D eigenvalue weighted by atomic mass is 32.2. The van der Waals surface area contributed by atoms with Crippen LogP contribution in [0.15, 0.2) is 12.7 Å². The zero-order chi connectivity index (χ0) is 12.0. The topological polar surface area (TPSA) is 57.6 Å². The zero-order valence-corrected chi connectivity index (χ0v) is 10.0. The van der Waals surface area contributed by atoms with Crippen LogP contribution in [0.5, 0.6) is 0 Å². The maximum atomic E-state index is 12.0. The Labute approximate surface area is 99.7 Å². The number of carbonyl (C=O) groups is 2. The van der Waals surface area contributed by atoms with Gasteiger partial charge in [0.05, 0.1) is 5.25 Å². The van der Waals surface area contributed by atoms with E-state index in [9.17, 15) is 9.59 Å². The molecule has 90 valence electrons. The van der Waals surface area contributed by atoms with Gasteiger partial charge in [-0.15, -0.1) is 18.3 Å². The fourth-order valence-electron chi connectivity index (χ4n) is 1.69. The average molecular weight is 243 g/mol. The summed E-state index contributed by atoms with van der Waals surface area (Å²) in [4.78, 5) is 24.0. The predicted molar refractivity (Wildman–Crippen MR) is 64.5 cm³/mol. The van der Waals surface area contributed by atoms with E-state index in [0.29, 0.717) is 6.54 Å². The monoisotopic (exact) mass is 243 g/mol. The maximum absolute atomic E-state index is 12.0. The summed E-state index contributed by atoms with van der Waals surface area (Å²) < 4.78 is 0. The van der Waals surface area contributed by atoms with Gasteiger partial charge in [-0.25, -0.2) is 0 Å². The number of carbonyl (C=O) groups excluding carboxylic acids is 1. The third kappa shape index (κ3) is 3.89. The standard InChI is InChI=1S/C11H17NO3S/c1-2-6-12(8-10(13)14)11(15)9-5-3-4-7-16-9/h2,9H,1,3-8H2,(H,13,14). The molecule has 4 nitrogen and oxygen atoms in total. The van der Waals surface area contributed by atoms with Crippen molar-refractivity contribution in [2.75, 3.05) is 18.8 Å². The number of thioether (sulfide) groups is 1. The number of aliphatic carboxylic acids is 1. The second-order valence-electron chi connectivity index (χ2n) is 3.76. The van der Waals surface area contributed by atoms with E-state index >= 15 is 0 Å². The van der Waals surface area contributed by atoms with E-state index in [-0.39, 0.29) is 17.7 Å². The number of carboxylic acids is 1. The summed E-state index contributed by atoms with van der Waals surface area (Å²) in [6.07, 6.45) is 4.62. The minimum absolute atomic E-state index is 0.0620. The number of amides is 1. The van der Waals surface area contributed by atoms with Crippen molar-refractivity contribution in [2.45, 2.75) is 24.5 Å². The van der Waals surface area contributed by atoms with Gasteiger partial charge >= 0.3 is 5.97 Å². The van der Waals surface area contributed by atoms with Gasteiger partial charge in [0.1, 0.15) is 6.54 Å². The first-order valence-corrected chi connectivity index (χ1v) is 6.43. The molecule has 1 N–H and O–H groups in total. The van der Waals surface area contributed by atoms with Crippen LogP contribution in [0, 0.1) is 0 Å². The molecule has 1 unspecified atom stereocenters. The molecule has 1 atom stereocenters. The first-order chi connectivity index (χ1) is 7.65. The molecular weight excluding hydrogens is 226 g/mol. The van der Waals surface area contributed by atoms with Gasteiger partial charge in [0.25, 0.3) is 0 Å². The van der Waals surface area contributed by atoms with E-state index < -0.39 is 5.97 Å². The fourth-order valence-corrected chi connectivity index (χ4v) is 2.97. The van der Waals surface area contributed by atoms with Crippen molar-refractivity contribution in [1.29, 1.82) is 0 Å². The molecule has 1 aliphatic rings. The molecule has 1 fully saturated rings. The summed E-state index contributed by atoms with van der Waals surface area (Å²) in [5, 5.41) is 8.66. The molecule has 5 heteroatoms. The predicted octanol–water partition coefficient (Wildman–Crippen LogP) is 1.37. The summed E-state index contributed by atoms with van der Waals surface area (Å²) in [5.41, 5.74) is 0. The van der Waals surface area contributed by atoms with Crippen molar-refractivity contribution in [1.82, 2.24) is 4.90 Å². The van der Waals surface area contributed by atoms with Crippen molar-refractivity contribution in [3.8, 4) is 0 Å². The van der Waals surface area contributed by atoms with E-state index in [1.165, 1.54) is 4.90 Å². The van der Waals surface area contributed by atoms with Crippen LogP contribution in [0.4, 0.5) is 0 Å². The van der Waals surface area contributed by atoms with Crippen LogP contribution in [0.2, 0.25) is 0 Å². The Hall–Kier alpha value is -0.970. The van der Waals surface area contributed by atoms with E-state index in [2.05, 4.69) is 6.58 Å². The number of hydrogen-bond donors (Lipinski definition) is 1. The zero-order valence-electron chi connectivity index (χ0n) is 9.22. The Morgan fingerprint density at radius 1 is 1.50 bits per heavy atom. The van der Waals surface area contributed by atoms with Crippen molar-refractivity contribution in [3.63, 3.8) is 0 Å². The molecule has 0 aliphatic carbocycles. The Bertz CT molecular complexity index is 274. The molecule has 0 aromatic rings. The molecule has 0 radical (unpaired) electrons. The van der Waals surface area contributed by atoms with Crippen molar-refractivity contribution in [2.24, 2.45) is 0 Å². The molecule has 1 amide bonds. The van der Waals surface area contributed by atoms with Gasteiger partial charge in [0.15, 0.2) is 0 Å². The van der Waals surface area contributed by atoms with E-state index in [1.807, 2.05) is 0 Å². The summed E-state index contributed by atoms with van der Waals surface area (Å²) in [7, 11) is 0. The second kappa shape index (κ2) is 6.58. The molecule has 16 heavy (non-hydrogen) atoms. The van der Waals surface area contributed by atoms with Gasteiger partial charge in [-0.05, 0) is 18.6 Å². The molecule has 1 aliphatic heterocycles. The highest BCUT2D eigenvalue weighted by molar-refractivity contribution is 8.00. The second-order valence-corrected chi connectivity index (χ2v) is 5.07. The Kier molecular flexibility index (Phi) is 5.38. The van der Waals surface area contributed by atoms with Crippen LogP contribution in [-0.4, -0.2) is 46.0 Å². The van der Waals surface area contributed by atoms with Crippen LogP contribution in [-0.2, 0) is 9.59 Å². The lowest BCUT2D eigenvalue weighted by Gasteiger charge is -2.27. The molecule has 0 saturated carbocycles.